The zero-order valence-corrected chi connectivity index (χ0v) is 31.7. The predicted octanol–water partition coefficient (Wildman–Crippen LogP) is 11.6. The first-order valence-electron chi connectivity index (χ1n) is 19.9. The van der Waals surface area contributed by atoms with Crippen LogP contribution in [0.1, 0.15) is 182 Å². The van der Waals surface area contributed by atoms with Crippen molar-refractivity contribution in [3.8, 4) is 0 Å². The van der Waals surface area contributed by atoms with E-state index in [0.717, 1.165) is 89.9 Å². The smallest absolute Gasteiger partial charge is 0.407 e. The van der Waals surface area contributed by atoms with Gasteiger partial charge in [0.2, 0.25) is 0 Å². The van der Waals surface area contributed by atoms with E-state index in [0.29, 0.717) is 51.0 Å². The molecule has 48 heavy (non-hydrogen) atoms. The lowest BCUT2D eigenvalue weighted by molar-refractivity contribution is -0.143. The lowest BCUT2D eigenvalue weighted by Gasteiger charge is -2.18. The summed E-state index contributed by atoms with van der Waals surface area (Å²) < 4.78 is 16.0. The molecule has 0 fully saturated rings. The molecule has 0 aromatic heterocycles. The minimum Gasteiger partial charge on any atom is -0.461 e. The number of rotatable bonds is 34. The van der Waals surface area contributed by atoms with Crippen LogP contribution in [-0.4, -0.2) is 44.4 Å². The maximum Gasteiger partial charge on any atom is 0.407 e. The van der Waals surface area contributed by atoms with Crippen LogP contribution in [-0.2, 0) is 23.8 Å². The molecule has 0 atom stereocenters. The standard InChI is InChI=1S/C41H75NO6/c1-5-7-9-11-13-21-27-33-46-39(43)31-25-19-15-17-23-29-38(35-42-41(45)48-36-37(3)4)30-24-18-16-20-26-32-40(44)47-34-28-22-14-12-10-8-6-2/h21-22,27-28,37-38H,5-20,23-26,29-36H2,1-4H3,(H,42,45)/b27-21-,28-22-. The van der Waals surface area contributed by atoms with Crippen LogP contribution in [0.5, 0.6) is 0 Å². The second kappa shape index (κ2) is 36.0. The molecular formula is C41H75NO6. The van der Waals surface area contributed by atoms with Gasteiger partial charge in [-0.1, -0.05) is 142 Å². The SMILES string of the molecule is CCCCCC/C=C\COC(=O)CCCCCCCC(CCCCCCCC(=O)OC/C=C\CCCCCC)CNC(=O)OCC(C)C. The van der Waals surface area contributed by atoms with Gasteiger partial charge in [-0.25, -0.2) is 4.79 Å². The summed E-state index contributed by atoms with van der Waals surface area (Å²) in [7, 11) is 0. The number of amides is 1. The van der Waals surface area contributed by atoms with Crippen LogP contribution in [0.25, 0.3) is 0 Å². The van der Waals surface area contributed by atoms with Gasteiger partial charge in [0, 0.05) is 19.4 Å². The highest BCUT2D eigenvalue weighted by molar-refractivity contribution is 5.69. The van der Waals surface area contributed by atoms with E-state index in [1.54, 1.807) is 0 Å². The second-order valence-electron chi connectivity index (χ2n) is 13.9. The minimum atomic E-state index is -0.322. The first kappa shape index (κ1) is 45.7. The Morgan fingerprint density at radius 3 is 1.44 bits per heavy atom. The van der Waals surface area contributed by atoms with E-state index < -0.39 is 0 Å². The Hall–Kier alpha value is -2.31. The molecule has 0 bridgehead atoms. The first-order valence-corrected chi connectivity index (χ1v) is 19.9. The molecule has 0 aliphatic carbocycles. The first-order chi connectivity index (χ1) is 23.4. The van der Waals surface area contributed by atoms with Crippen LogP contribution in [0.4, 0.5) is 4.79 Å². The third-order valence-electron chi connectivity index (χ3n) is 8.53. The van der Waals surface area contributed by atoms with Gasteiger partial charge in [0.05, 0.1) is 6.61 Å². The molecule has 1 N–H and O–H groups in total. The molecule has 0 unspecified atom stereocenters. The van der Waals surface area contributed by atoms with Crippen molar-refractivity contribution >= 4 is 18.0 Å². The highest BCUT2D eigenvalue weighted by Crippen LogP contribution is 2.19. The number of esters is 2. The Bertz CT molecular complexity index is 757. The summed E-state index contributed by atoms with van der Waals surface area (Å²) in [5, 5.41) is 2.98. The summed E-state index contributed by atoms with van der Waals surface area (Å²) >= 11 is 0. The van der Waals surface area contributed by atoms with E-state index in [2.05, 4.69) is 31.3 Å². The molecule has 0 spiro atoms. The van der Waals surface area contributed by atoms with E-state index in [4.69, 9.17) is 14.2 Å². The van der Waals surface area contributed by atoms with Gasteiger partial charge >= 0.3 is 18.0 Å². The van der Waals surface area contributed by atoms with Crippen LogP contribution in [0, 0.1) is 11.8 Å². The summed E-state index contributed by atoms with van der Waals surface area (Å²) in [6, 6.07) is 0. The Labute approximate surface area is 295 Å². The van der Waals surface area contributed by atoms with Gasteiger partial charge in [-0.3, -0.25) is 9.59 Å². The van der Waals surface area contributed by atoms with Crippen molar-refractivity contribution in [3.63, 3.8) is 0 Å². The number of ether oxygens (including phenoxy) is 3. The van der Waals surface area contributed by atoms with E-state index in [1.165, 1.54) is 51.4 Å². The van der Waals surface area contributed by atoms with Crippen LogP contribution >= 0.6 is 0 Å². The van der Waals surface area contributed by atoms with Crippen molar-refractivity contribution in [2.24, 2.45) is 11.8 Å². The average Bonchev–Trinajstić information content (AvgIpc) is 3.07. The fraction of sp³-hybridized carbons (Fsp3) is 0.829. The monoisotopic (exact) mass is 678 g/mol. The Morgan fingerprint density at radius 2 is 0.979 bits per heavy atom. The molecule has 0 aromatic carbocycles. The molecule has 0 saturated carbocycles. The molecule has 0 saturated heterocycles. The van der Waals surface area contributed by atoms with Gasteiger partial charge in [0.25, 0.3) is 0 Å². The molecule has 0 aliphatic rings. The largest absolute Gasteiger partial charge is 0.461 e. The number of hydrogen-bond acceptors (Lipinski definition) is 6. The molecule has 280 valence electrons. The third-order valence-corrected chi connectivity index (χ3v) is 8.53. The zero-order chi connectivity index (χ0) is 35.3. The lowest BCUT2D eigenvalue weighted by atomic mass is 9.94. The fourth-order valence-corrected chi connectivity index (χ4v) is 5.51. The van der Waals surface area contributed by atoms with Crippen molar-refractivity contribution in [1.82, 2.24) is 5.32 Å². The highest BCUT2D eigenvalue weighted by Gasteiger charge is 2.12. The summed E-state index contributed by atoms with van der Waals surface area (Å²) in [6.07, 6.45) is 33.7. The molecule has 1 amide bonds. The van der Waals surface area contributed by atoms with Gasteiger partial charge in [0.15, 0.2) is 0 Å². The van der Waals surface area contributed by atoms with Crippen LogP contribution in [0.3, 0.4) is 0 Å². The number of carbonyl (C=O) groups excluding carboxylic acids is 3. The Kier molecular flexibility index (Phi) is 34.3. The number of allylic oxidation sites excluding steroid dienone is 2. The topological polar surface area (TPSA) is 90.9 Å². The van der Waals surface area contributed by atoms with E-state index in [1.807, 2.05) is 26.0 Å². The summed E-state index contributed by atoms with van der Waals surface area (Å²) in [4.78, 5) is 36.1. The zero-order valence-electron chi connectivity index (χ0n) is 31.7. The van der Waals surface area contributed by atoms with Crippen molar-refractivity contribution in [3.05, 3.63) is 24.3 Å². The number of unbranched alkanes of at least 4 members (excludes halogenated alkanes) is 16. The normalized spacial score (nSPS) is 11.6. The van der Waals surface area contributed by atoms with Gasteiger partial charge in [-0.15, -0.1) is 0 Å². The summed E-state index contributed by atoms with van der Waals surface area (Å²) in [5.41, 5.74) is 0. The maximum atomic E-state index is 12.1. The third kappa shape index (κ3) is 35.0. The molecule has 0 aliphatic heterocycles. The van der Waals surface area contributed by atoms with Crippen LogP contribution < -0.4 is 5.32 Å². The van der Waals surface area contributed by atoms with Gasteiger partial charge < -0.3 is 19.5 Å². The number of nitrogens with one attached hydrogen (secondary N) is 1. The molecule has 7 nitrogen and oxygen atoms in total. The average molecular weight is 678 g/mol. The number of alkyl carbamates (subject to hydrolysis) is 1. The van der Waals surface area contributed by atoms with Crippen molar-refractivity contribution in [2.45, 2.75) is 182 Å². The predicted molar refractivity (Wildman–Crippen MR) is 200 cm³/mol. The second-order valence-corrected chi connectivity index (χ2v) is 13.9. The molecule has 0 heterocycles. The molecular weight excluding hydrogens is 602 g/mol. The van der Waals surface area contributed by atoms with Gasteiger partial charge in [-0.2, -0.15) is 0 Å². The Balaban J connectivity index is 4.10. The van der Waals surface area contributed by atoms with Gasteiger partial charge in [-0.05, 0) is 63.2 Å². The van der Waals surface area contributed by atoms with Crippen LogP contribution in [0.15, 0.2) is 24.3 Å². The van der Waals surface area contributed by atoms with Crippen molar-refractivity contribution in [1.29, 1.82) is 0 Å². The van der Waals surface area contributed by atoms with Crippen molar-refractivity contribution < 1.29 is 28.6 Å². The quantitative estimate of drug-likeness (QED) is 0.0315. The summed E-state index contributed by atoms with van der Waals surface area (Å²) in [6.45, 7) is 10.4. The minimum absolute atomic E-state index is 0.0997. The fourth-order valence-electron chi connectivity index (χ4n) is 5.51. The Morgan fingerprint density at radius 1 is 0.542 bits per heavy atom. The highest BCUT2D eigenvalue weighted by atomic mass is 16.5. The van der Waals surface area contributed by atoms with E-state index >= 15 is 0 Å². The van der Waals surface area contributed by atoms with E-state index in [9.17, 15) is 14.4 Å². The molecule has 0 rings (SSSR count). The summed E-state index contributed by atoms with van der Waals surface area (Å²) in [5.74, 6) is 0.551. The number of hydrogen-bond donors (Lipinski definition) is 1. The van der Waals surface area contributed by atoms with Crippen molar-refractivity contribution in [2.75, 3.05) is 26.4 Å². The maximum absolute atomic E-state index is 12.1. The molecule has 7 heteroatoms. The van der Waals surface area contributed by atoms with Gasteiger partial charge in [0.1, 0.15) is 13.2 Å². The molecule has 0 radical (unpaired) electrons. The lowest BCUT2D eigenvalue weighted by Crippen LogP contribution is -2.30. The molecule has 0 aromatic rings. The number of carbonyl (C=O) groups is 3. The van der Waals surface area contributed by atoms with E-state index in [-0.39, 0.29) is 18.0 Å². The van der Waals surface area contributed by atoms with Crippen LogP contribution in [0.2, 0.25) is 0 Å².